The number of aliphatic hydroxyl groups excluding tert-OH is 1. The molecule has 1 saturated heterocycles. The van der Waals surface area contributed by atoms with Gasteiger partial charge in [-0.3, -0.25) is 9.59 Å². The van der Waals surface area contributed by atoms with E-state index in [0.29, 0.717) is 22.3 Å². The van der Waals surface area contributed by atoms with Crippen LogP contribution in [0.25, 0.3) is 0 Å². The van der Waals surface area contributed by atoms with Gasteiger partial charge in [-0.15, -0.1) is 0 Å². The Morgan fingerprint density at radius 3 is 2.57 bits per heavy atom. The lowest BCUT2D eigenvalue weighted by Gasteiger charge is -2.34. The van der Waals surface area contributed by atoms with E-state index in [2.05, 4.69) is 0 Å². The van der Waals surface area contributed by atoms with Crippen LogP contribution in [0.5, 0.6) is 0 Å². The Balaban J connectivity index is 2.14. The first-order valence-electron chi connectivity index (χ1n) is 9.85. The summed E-state index contributed by atoms with van der Waals surface area (Å²) in [4.78, 5) is 49.8. The molecule has 3 aliphatic rings. The molecule has 0 amide bonds. The van der Waals surface area contributed by atoms with Gasteiger partial charge in [0, 0.05) is 30.4 Å². The van der Waals surface area contributed by atoms with E-state index < -0.39 is 47.6 Å². The van der Waals surface area contributed by atoms with Crippen LogP contribution in [-0.4, -0.2) is 53.2 Å². The SMILES string of the molecule is C/C=C(/C)C(=O)O[C@H]1CC(C)=C2C(=O)C=C(CO)[C@H]2[C@@H]2OC(=O)[C@@](C)(OC(C)=O)[C@@H]21. The molecule has 162 valence electrons. The van der Waals surface area contributed by atoms with Gasteiger partial charge in [-0.05, 0) is 39.3 Å². The summed E-state index contributed by atoms with van der Waals surface area (Å²) >= 11 is 0. The van der Waals surface area contributed by atoms with Gasteiger partial charge in [0.05, 0.1) is 12.5 Å². The van der Waals surface area contributed by atoms with Gasteiger partial charge in [-0.1, -0.05) is 11.6 Å². The van der Waals surface area contributed by atoms with Gasteiger partial charge in [-0.25, -0.2) is 9.59 Å². The van der Waals surface area contributed by atoms with Crippen LogP contribution in [0.15, 0.2) is 34.4 Å². The second-order valence-corrected chi connectivity index (χ2v) is 8.13. The molecule has 1 fully saturated rings. The van der Waals surface area contributed by atoms with Crippen LogP contribution in [0.1, 0.15) is 41.0 Å². The summed E-state index contributed by atoms with van der Waals surface area (Å²) in [7, 11) is 0. The number of allylic oxidation sites excluding steroid dienone is 2. The van der Waals surface area contributed by atoms with E-state index in [1.54, 1.807) is 26.8 Å². The maximum atomic E-state index is 12.8. The fraction of sp³-hybridized carbons (Fsp3) is 0.545. The van der Waals surface area contributed by atoms with Crippen molar-refractivity contribution < 1.29 is 38.5 Å². The third-order valence-corrected chi connectivity index (χ3v) is 6.18. The van der Waals surface area contributed by atoms with E-state index in [1.807, 2.05) is 0 Å². The first-order valence-corrected chi connectivity index (χ1v) is 9.85. The number of hydrogen-bond acceptors (Lipinski definition) is 8. The average molecular weight is 418 g/mol. The predicted octanol–water partition coefficient (Wildman–Crippen LogP) is 1.57. The third kappa shape index (κ3) is 3.39. The number of rotatable bonds is 4. The highest BCUT2D eigenvalue weighted by Gasteiger charge is 2.65. The van der Waals surface area contributed by atoms with Gasteiger partial charge < -0.3 is 19.3 Å². The van der Waals surface area contributed by atoms with E-state index in [4.69, 9.17) is 14.2 Å². The van der Waals surface area contributed by atoms with Crippen molar-refractivity contribution in [2.24, 2.45) is 11.8 Å². The minimum Gasteiger partial charge on any atom is -0.458 e. The normalized spacial score (nSPS) is 33.4. The van der Waals surface area contributed by atoms with Crippen molar-refractivity contribution in [3.8, 4) is 0 Å². The fourth-order valence-corrected chi connectivity index (χ4v) is 4.68. The summed E-state index contributed by atoms with van der Waals surface area (Å²) in [6.07, 6.45) is 1.32. The smallest absolute Gasteiger partial charge is 0.351 e. The van der Waals surface area contributed by atoms with E-state index in [-0.39, 0.29) is 18.8 Å². The zero-order valence-electron chi connectivity index (χ0n) is 17.7. The Kier molecular flexibility index (Phi) is 5.73. The Bertz CT molecular complexity index is 908. The number of fused-ring (bicyclic) bond motifs is 3. The lowest BCUT2D eigenvalue weighted by atomic mass is 9.77. The van der Waals surface area contributed by atoms with Crippen molar-refractivity contribution in [2.45, 2.75) is 58.8 Å². The number of ketones is 1. The molecule has 0 unspecified atom stereocenters. The van der Waals surface area contributed by atoms with Crippen molar-refractivity contribution in [1.29, 1.82) is 0 Å². The third-order valence-electron chi connectivity index (χ3n) is 6.18. The second kappa shape index (κ2) is 7.83. The molecule has 0 radical (unpaired) electrons. The number of ether oxygens (including phenoxy) is 3. The molecule has 8 heteroatoms. The maximum Gasteiger partial charge on any atom is 0.351 e. The topological polar surface area (TPSA) is 116 Å². The average Bonchev–Trinajstić information content (AvgIpc) is 3.08. The molecular weight excluding hydrogens is 392 g/mol. The molecule has 8 nitrogen and oxygen atoms in total. The van der Waals surface area contributed by atoms with Gasteiger partial charge in [0.2, 0.25) is 5.60 Å². The van der Waals surface area contributed by atoms with Crippen LogP contribution in [0.3, 0.4) is 0 Å². The van der Waals surface area contributed by atoms with Crippen LogP contribution in [-0.2, 0) is 33.4 Å². The summed E-state index contributed by atoms with van der Waals surface area (Å²) in [5.41, 5.74) is 0.202. The first-order chi connectivity index (χ1) is 14.0. The van der Waals surface area contributed by atoms with Crippen molar-refractivity contribution >= 4 is 23.7 Å². The Hall–Kier alpha value is -2.74. The van der Waals surface area contributed by atoms with Crippen LogP contribution < -0.4 is 0 Å². The fourth-order valence-electron chi connectivity index (χ4n) is 4.68. The molecule has 0 saturated carbocycles. The highest BCUT2D eigenvalue weighted by atomic mass is 16.6. The predicted molar refractivity (Wildman–Crippen MR) is 104 cm³/mol. The molecular formula is C22H26O8. The number of hydrogen-bond donors (Lipinski definition) is 1. The Labute approximate surface area is 174 Å². The largest absolute Gasteiger partial charge is 0.458 e. The van der Waals surface area contributed by atoms with E-state index >= 15 is 0 Å². The van der Waals surface area contributed by atoms with Gasteiger partial charge in [-0.2, -0.15) is 0 Å². The van der Waals surface area contributed by atoms with Gasteiger partial charge in [0.15, 0.2) is 5.78 Å². The number of esters is 3. The zero-order chi connectivity index (χ0) is 22.4. The molecule has 1 N–H and O–H groups in total. The molecule has 0 bridgehead atoms. The molecule has 3 rings (SSSR count). The summed E-state index contributed by atoms with van der Waals surface area (Å²) in [6.45, 7) is 7.29. The van der Waals surface area contributed by atoms with Crippen molar-refractivity contribution in [1.82, 2.24) is 0 Å². The Morgan fingerprint density at radius 1 is 1.33 bits per heavy atom. The maximum absolute atomic E-state index is 12.8. The molecule has 5 atom stereocenters. The number of carbonyl (C=O) groups is 4. The van der Waals surface area contributed by atoms with Gasteiger partial charge in [0.25, 0.3) is 0 Å². The van der Waals surface area contributed by atoms with Crippen LogP contribution in [0, 0.1) is 11.8 Å². The van der Waals surface area contributed by atoms with E-state index in [9.17, 15) is 24.3 Å². The molecule has 0 spiro atoms. The van der Waals surface area contributed by atoms with Crippen LogP contribution in [0.2, 0.25) is 0 Å². The molecule has 2 aliphatic carbocycles. The van der Waals surface area contributed by atoms with Gasteiger partial charge in [0.1, 0.15) is 12.2 Å². The molecule has 0 aromatic carbocycles. The Morgan fingerprint density at radius 2 is 2.00 bits per heavy atom. The number of aliphatic hydroxyl groups is 1. The summed E-state index contributed by atoms with van der Waals surface area (Å²) < 4.78 is 16.8. The molecule has 30 heavy (non-hydrogen) atoms. The minimum atomic E-state index is -1.70. The quantitative estimate of drug-likeness (QED) is 0.415. The van der Waals surface area contributed by atoms with Crippen LogP contribution >= 0.6 is 0 Å². The number of carbonyl (C=O) groups excluding carboxylic acids is 4. The second-order valence-electron chi connectivity index (χ2n) is 8.13. The minimum absolute atomic E-state index is 0.168. The zero-order valence-corrected chi connectivity index (χ0v) is 17.7. The standard InChI is InChI=1S/C22H26O8/c1-6-10(2)20(26)28-15-7-11(3)16-14(25)8-13(9-23)17(16)19-18(15)22(5,21(27)29-19)30-12(4)24/h6,8,15,17-19,23H,7,9H2,1-5H3/b10-6-/t15-,17+,18+,19-,22-/m0/s1. The van der Waals surface area contributed by atoms with Crippen molar-refractivity contribution in [3.05, 3.63) is 34.4 Å². The monoisotopic (exact) mass is 418 g/mol. The molecule has 1 heterocycles. The summed E-state index contributed by atoms with van der Waals surface area (Å²) in [5, 5.41) is 9.82. The molecule has 0 aromatic heterocycles. The first kappa shape index (κ1) is 22.0. The molecule has 1 aliphatic heterocycles. The summed E-state index contributed by atoms with van der Waals surface area (Å²) in [5.74, 6) is -3.83. The van der Waals surface area contributed by atoms with Crippen LogP contribution in [0.4, 0.5) is 0 Å². The van der Waals surface area contributed by atoms with Gasteiger partial charge >= 0.3 is 17.9 Å². The van der Waals surface area contributed by atoms with E-state index in [1.165, 1.54) is 19.9 Å². The lowest BCUT2D eigenvalue weighted by Crippen LogP contribution is -2.50. The van der Waals surface area contributed by atoms with E-state index in [0.717, 1.165) is 0 Å². The van der Waals surface area contributed by atoms with Crippen molar-refractivity contribution in [2.75, 3.05) is 6.61 Å². The molecule has 0 aromatic rings. The highest BCUT2D eigenvalue weighted by molar-refractivity contribution is 6.09. The highest BCUT2D eigenvalue weighted by Crippen LogP contribution is 2.51. The lowest BCUT2D eigenvalue weighted by molar-refractivity contribution is -0.176. The summed E-state index contributed by atoms with van der Waals surface area (Å²) in [6, 6.07) is 0. The van der Waals surface area contributed by atoms with Crippen molar-refractivity contribution in [3.63, 3.8) is 0 Å².